The number of carbonyl (C=O) groups is 1. The van der Waals surface area contributed by atoms with E-state index in [1.165, 1.54) is 4.31 Å². The molecule has 1 atom stereocenters. The van der Waals surface area contributed by atoms with Crippen molar-refractivity contribution in [2.75, 3.05) is 32.8 Å². The van der Waals surface area contributed by atoms with Crippen LogP contribution in [-0.4, -0.2) is 82.5 Å². The molecule has 2 aromatic carbocycles. The number of ether oxygens (including phenoxy) is 2. The highest BCUT2D eigenvalue weighted by Crippen LogP contribution is 2.27. The Morgan fingerprint density at radius 3 is 2.55 bits per heavy atom. The molecule has 2 heterocycles. The van der Waals surface area contributed by atoms with Crippen LogP contribution < -0.4 is 0 Å². The summed E-state index contributed by atoms with van der Waals surface area (Å²) in [5.41, 5.74) is 4.11. The Hall–Kier alpha value is -3.16. The smallest absolute Gasteiger partial charge is 0.241 e. The fourth-order valence-corrected chi connectivity index (χ4v) is 6.47. The molecule has 1 aromatic heterocycles. The summed E-state index contributed by atoms with van der Waals surface area (Å²) in [6.45, 7) is 5.10. The van der Waals surface area contributed by atoms with Gasteiger partial charge in [0.15, 0.2) is 0 Å². The average molecular weight is 572 g/mol. The summed E-state index contributed by atoms with van der Waals surface area (Å²) in [6, 6.07) is 14.4. The Kier molecular flexibility index (Phi) is 10.0. The zero-order chi connectivity index (χ0) is 28.7. The van der Waals surface area contributed by atoms with Gasteiger partial charge in [-0.3, -0.25) is 4.79 Å². The molecule has 0 aliphatic carbocycles. The molecule has 1 saturated heterocycles. The highest BCUT2D eigenvalue weighted by atomic mass is 32.2. The standard InChI is InChI=1S/C28H37N5O6S/c1-21(2)27-28(35)31(17-26-18-32(30-29-26)11-13-39-20-38-3)12-14-40(36,37)33(27)16-22-7-9-24(10-8-22)25-6-4-5-23(15-25)19-34/h4-10,15,18,21,27,34H,11-14,16-17,19-20H2,1-3H3. The van der Waals surface area contributed by atoms with E-state index in [0.717, 1.165) is 22.3 Å². The first-order valence-electron chi connectivity index (χ1n) is 13.2. The third kappa shape index (κ3) is 7.32. The first-order valence-corrected chi connectivity index (χ1v) is 14.9. The summed E-state index contributed by atoms with van der Waals surface area (Å²) in [5, 5.41) is 17.7. The van der Waals surface area contributed by atoms with Gasteiger partial charge in [-0.15, -0.1) is 5.10 Å². The highest BCUT2D eigenvalue weighted by Gasteiger charge is 2.42. The van der Waals surface area contributed by atoms with Crippen LogP contribution in [0.15, 0.2) is 54.7 Å². The van der Waals surface area contributed by atoms with Gasteiger partial charge in [-0.1, -0.05) is 61.5 Å². The predicted octanol–water partition coefficient (Wildman–Crippen LogP) is 2.26. The minimum absolute atomic E-state index is 0.0391. The van der Waals surface area contributed by atoms with Gasteiger partial charge < -0.3 is 19.5 Å². The minimum atomic E-state index is -3.72. The van der Waals surface area contributed by atoms with E-state index >= 15 is 0 Å². The second-order valence-electron chi connectivity index (χ2n) is 10.2. The average Bonchev–Trinajstić information content (AvgIpc) is 3.37. The molecule has 0 bridgehead atoms. The molecule has 11 nitrogen and oxygen atoms in total. The van der Waals surface area contributed by atoms with Gasteiger partial charge in [-0.25, -0.2) is 13.1 Å². The van der Waals surface area contributed by atoms with Crippen LogP contribution >= 0.6 is 0 Å². The second kappa shape index (κ2) is 13.5. The van der Waals surface area contributed by atoms with Crippen LogP contribution in [0.4, 0.5) is 0 Å². The van der Waals surface area contributed by atoms with E-state index in [0.29, 0.717) is 18.8 Å². The molecule has 4 rings (SSSR count). The monoisotopic (exact) mass is 571 g/mol. The number of benzene rings is 2. The lowest BCUT2D eigenvalue weighted by molar-refractivity contribution is -0.136. The molecule has 1 aliphatic rings. The summed E-state index contributed by atoms with van der Waals surface area (Å²) >= 11 is 0. The Labute approximate surface area is 235 Å². The Morgan fingerprint density at radius 1 is 1.07 bits per heavy atom. The number of sulfonamides is 1. The molecule has 1 amide bonds. The summed E-state index contributed by atoms with van der Waals surface area (Å²) < 4.78 is 40.1. The van der Waals surface area contributed by atoms with E-state index in [-0.39, 0.29) is 50.6 Å². The largest absolute Gasteiger partial charge is 0.392 e. The van der Waals surface area contributed by atoms with Crippen LogP contribution in [0.25, 0.3) is 11.1 Å². The van der Waals surface area contributed by atoms with Crippen molar-refractivity contribution in [3.05, 3.63) is 71.5 Å². The summed E-state index contributed by atoms with van der Waals surface area (Å²) in [5.74, 6) is -0.657. The van der Waals surface area contributed by atoms with Crippen molar-refractivity contribution < 1.29 is 27.8 Å². The van der Waals surface area contributed by atoms with Gasteiger partial charge >= 0.3 is 0 Å². The Morgan fingerprint density at radius 2 is 1.85 bits per heavy atom. The minimum Gasteiger partial charge on any atom is -0.392 e. The zero-order valence-electron chi connectivity index (χ0n) is 23.1. The topological polar surface area (TPSA) is 127 Å². The van der Waals surface area contributed by atoms with Crippen molar-refractivity contribution in [1.82, 2.24) is 24.2 Å². The molecule has 1 aliphatic heterocycles. The van der Waals surface area contributed by atoms with Gasteiger partial charge in [0, 0.05) is 20.2 Å². The number of nitrogens with zero attached hydrogens (tertiary/aromatic N) is 5. The van der Waals surface area contributed by atoms with Crippen LogP contribution in [0.5, 0.6) is 0 Å². The lowest BCUT2D eigenvalue weighted by atomic mass is 10.0. The molecule has 0 saturated carbocycles. The highest BCUT2D eigenvalue weighted by molar-refractivity contribution is 7.89. The van der Waals surface area contributed by atoms with Gasteiger partial charge in [0.2, 0.25) is 15.9 Å². The fourth-order valence-electron chi connectivity index (χ4n) is 4.76. The molecular weight excluding hydrogens is 534 g/mol. The fraction of sp³-hybridized carbons (Fsp3) is 0.464. The number of methoxy groups -OCH3 is 1. The Balaban J connectivity index is 1.50. The van der Waals surface area contributed by atoms with Gasteiger partial charge in [0.1, 0.15) is 18.5 Å². The number of aliphatic hydroxyl groups is 1. The number of rotatable bonds is 12. The molecule has 3 aromatic rings. The lowest BCUT2D eigenvalue weighted by Gasteiger charge is -2.32. The van der Waals surface area contributed by atoms with Crippen LogP contribution in [0, 0.1) is 5.92 Å². The SMILES string of the molecule is COCOCCn1cc(CN2CCS(=O)(=O)N(Cc3ccc(-c4cccc(CO)c4)cc3)C(C(C)C)C2=O)nn1. The number of amides is 1. The van der Waals surface area contributed by atoms with E-state index in [1.807, 2.05) is 62.4 Å². The predicted molar refractivity (Wildman–Crippen MR) is 149 cm³/mol. The maximum absolute atomic E-state index is 13.7. The number of carbonyl (C=O) groups excluding carboxylic acids is 1. The van der Waals surface area contributed by atoms with E-state index in [9.17, 15) is 18.3 Å². The van der Waals surface area contributed by atoms with Gasteiger partial charge in [-0.2, -0.15) is 4.31 Å². The molecule has 40 heavy (non-hydrogen) atoms. The number of aliphatic hydroxyl groups excluding tert-OH is 1. The maximum Gasteiger partial charge on any atom is 0.241 e. The molecule has 0 spiro atoms. The van der Waals surface area contributed by atoms with E-state index in [4.69, 9.17) is 9.47 Å². The molecule has 1 fully saturated rings. The van der Waals surface area contributed by atoms with Crippen molar-refractivity contribution in [3.63, 3.8) is 0 Å². The molecule has 12 heteroatoms. The van der Waals surface area contributed by atoms with Crippen LogP contribution in [0.2, 0.25) is 0 Å². The van der Waals surface area contributed by atoms with Crippen LogP contribution in [-0.2, 0) is 50.5 Å². The molecular formula is C28H37N5O6S. The number of aromatic nitrogens is 3. The van der Waals surface area contributed by atoms with Crippen molar-refractivity contribution >= 4 is 15.9 Å². The first-order chi connectivity index (χ1) is 19.2. The molecule has 1 N–H and O–H groups in total. The van der Waals surface area contributed by atoms with Crippen molar-refractivity contribution in [1.29, 1.82) is 0 Å². The van der Waals surface area contributed by atoms with Crippen LogP contribution in [0.3, 0.4) is 0 Å². The molecule has 1 unspecified atom stereocenters. The summed E-state index contributed by atoms with van der Waals surface area (Å²) in [6.07, 6.45) is 1.74. The number of hydrogen-bond acceptors (Lipinski definition) is 8. The third-order valence-electron chi connectivity index (χ3n) is 6.82. The number of hydrogen-bond donors (Lipinski definition) is 1. The molecule has 0 radical (unpaired) electrons. The van der Waals surface area contributed by atoms with E-state index in [1.54, 1.807) is 22.9 Å². The van der Waals surface area contributed by atoms with Gasteiger partial charge in [0.05, 0.1) is 38.3 Å². The molecule has 216 valence electrons. The van der Waals surface area contributed by atoms with Crippen molar-refractivity contribution in [3.8, 4) is 11.1 Å². The van der Waals surface area contributed by atoms with Crippen molar-refractivity contribution in [2.24, 2.45) is 5.92 Å². The normalized spacial score (nSPS) is 17.9. The van der Waals surface area contributed by atoms with Gasteiger partial charge in [-0.05, 0) is 34.2 Å². The van der Waals surface area contributed by atoms with E-state index in [2.05, 4.69) is 10.3 Å². The maximum atomic E-state index is 13.7. The zero-order valence-corrected chi connectivity index (χ0v) is 24.0. The first kappa shape index (κ1) is 29.8. The second-order valence-corrected chi connectivity index (χ2v) is 12.2. The van der Waals surface area contributed by atoms with Crippen molar-refractivity contribution in [2.45, 2.75) is 46.1 Å². The summed E-state index contributed by atoms with van der Waals surface area (Å²) in [7, 11) is -2.17. The third-order valence-corrected chi connectivity index (χ3v) is 8.59. The lowest BCUT2D eigenvalue weighted by Crippen LogP contribution is -2.49. The van der Waals surface area contributed by atoms with Crippen LogP contribution in [0.1, 0.15) is 30.7 Å². The summed E-state index contributed by atoms with van der Waals surface area (Å²) in [4.78, 5) is 15.3. The Bertz CT molecular complexity index is 1380. The van der Waals surface area contributed by atoms with E-state index < -0.39 is 16.1 Å². The van der Waals surface area contributed by atoms with Gasteiger partial charge in [0.25, 0.3) is 0 Å². The quantitative estimate of drug-likeness (QED) is 0.259.